The van der Waals surface area contributed by atoms with Crippen LogP contribution in [0, 0.1) is 15.9 Å². The smallest absolute Gasteiger partial charge is 0.307 e. The maximum Gasteiger partial charge on any atom is 0.307 e. The topological polar surface area (TPSA) is 95.5 Å². The van der Waals surface area contributed by atoms with E-state index in [1.54, 1.807) is 0 Å². The van der Waals surface area contributed by atoms with Crippen molar-refractivity contribution >= 4 is 11.7 Å². The molecule has 7 heteroatoms. The predicted octanol–water partition coefficient (Wildman–Crippen LogP) is 1.30. The first kappa shape index (κ1) is 13.0. The number of nitro groups is 1. The first-order chi connectivity index (χ1) is 7.95. The third kappa shape index (κ3) is 3.22. The second-order valence-electron chi connectivity index (χ2n) is 3.35. The number of carbonyl (C=O) groups excluding carboxylic acids is 1. The van der Waals surface area contributed by atoms with Gasteiger partial charge in [0.2, 0.25) is 0 Å². The average Bonchev–Trinajstić information content (AvgIpc) is 2.28. The number of methoxy groups -OCH3 is 1. The average molecular weight is 242 g/mol. The Balaban J connectivity index is 3.06. The number of ether oxygens (including phenoxy) is 1. The molecule has 1 aromatic carbocycles. The zero-order chi connectivity index (χ0) is 13.0. The number of carbonyl (C=O) groups is 1. The molecule has 1 rings (SSSR count). The Hall–Kier alpha value is -2.02. The number of nitrogens with zero attached hydrogens (tertiary/aromatic N) is 1. The third-order valence-corrected chi connectivity index (χ3v) is 2.20. The highest BCUT2D eigenvalue weighted by Gasteiger charge is 2.22. The number of rotatable bonds is 4. The van der Waals surface area contributed by atoms with E-state index in [0.29, 0.717) is 0 Å². The zero-order valence-corrected chi connectivity index (χ0v) is 9.05. The van der Waals surface area contributed by atoms with Gasteiger partial charge in [-0.25, -0.2) is 4.39 Å². The van der Waals surface area contributed by atoms with Crippen LogP contribution in [0.25, 0.3) is 0 Å². The molecule has 0 aliphatic rings. The molecule has 0 unspecified atom stereocenters. The summed E-state index contributed by atoms with van der Waals surface area (Å²) in [6, 6.07) is 1.96. The highest BCUT2D eigenvalue weighted by molar-refractivity contribution is 5.70. The van der Waals surface area contributed by atoms with E-state index in [1.807, 2.05) is 0 Å². The van der Waals surface area contributed by atoms with Crippen LogP contribution in [0.3, 0.4) is 0 Å². The van der Waals surface area contributed by atoms with E-state index < -0.39 is 22.8 Å². The number of esters is 1. The lowest BCUT2D eigenvalue weighted by Crippen LogP contribution is -2.17. The summed E-state index contributed by atoms with van der Waals surface area (Å²) >= 11 is 0. The number of hydrogen-bond acceptors (Lipinski definition) is 5. The van der Waals surface area contributed by atoms with Crippen LogP contribution in [0.1, 0.15) is 18.0 Å². The standard InChI is InChI=1S/C10H11FN2O4/c1-17-10(14)5-8(12)7-4-6(11)2-3-9(7)13(15)16/h2-4,8H,5,12H2,1H3/t8-/m0/s1. The lowest BCUT2D eigenvalue weighted by molar-refractivity contribution is -0.385. The van der Waals surface area contributed by atoms with Crippen LogP contribution in [0.5, 0.6) is 0 Å². The van der Waals surface area contributed by atoms with Gasteiger partial charge in [0.25, 0.3) is 5.69 Å². The normalized spacial score (nSPS) is 11.9. The summed E-state index contributed by atoms with van der Waals surface area (Å²) in [4.78, 5) is 21.0. The molecular weight excluding hydrogens is 231 g/mol. The monoisotopic (exact) mass is 242 g/mol. The van der Waals surface area contributed by atoms with Crippen LogP contribution < -0.4 is 5.73 Å². The molecule has 1 atom stereocenters. The first-order valence-corrected chi connectivity index (χ1v) is 4.72. The number of nitrogens with two attached hydrogens (primary N) is 1. The molecule has 0 radical (unpaired) electrons. The number of halogens is 1. The minimum absolute atomic E-state index is 0.0274. The molecule has 0 saturated heterocycles. The molecular formula is C10H11FN2O4. The van der Waals surface area contributed by atoms with Gasteiger partial charge >= 0.3 is 5.97 Å². The molecule has 0 saturated carbocycles. The van der Waals surface area contributed by atoms with E-state index in [2.05, 4.69) is 4.74 Å². The van der Waals surface area contributed by atoms with E-state index >= 15 is 0 Å². The lowest BCUT2D eigenvalue weighted by Gasteiger charge is -2.10. The Bertz CT molecular complexity index is 450. The molecule has 0 aromatic heterocycles. The molecule has 17 heavy (non-hydrogen) atoms. The molecule has 92 valence electrons. The van der Waals surface area contributed by atoms with Crippen LogP contribution in [0.15, 0.2) is 18.2 Å². The first-order valence-electron chi connectivity index (χ1n) is 4.72. The van der Waals surface area contributed by atoms with Crippen LogP contribution in [-0.2, 0) is 9.53 Å². The van der Waals surface area contributed by atoms with E-state index in [-0.39, 0.29) is 17.7 Å². The maximum atomic E-state index is 13.0. The Morgan fingerprint density at radius 2 is 2.29 bits per heavy atom. The fourth-order valence-corrected chi connectivity index (χ4v) is 1.36. The molecule has 0 amide bonds. The van der Waals surface area contributed by atoms with Gasteiger partial charge in [-0.2, -0.15) is 0 Å². The number of benzene rings is 1. The zero-order valence-electron chi connectivity index (χ0n) is 9.05. The number of nitro benzene ring substituents is 1. The van der Waals surface area contributed by atoms with E-state index in [1.165, 1.54) is 7.11 Å². The molecule has 6 nitrogen and oxygen atoms in total. The molecule has 2 N–H and O–H groups in total. The summed E-state index contributed by atoms with van der Waals surface area (Å²) in [5, 5.41) is 10.7. The van der Waals surface area contributed by atoms with Crippen molar-refractivity contribution in [3.8, 4) is 0 Å². The fourth-order valence-electron chi connectivity index (χ4n) is 1.36. The van der Waals surface area contributed by atoms with Gasteiger partial charge in [0.15, 0.2) is 0 Å². The van der Waals surface area contributed by atoms with Gasteiger partial charge in [-0.05, 0) is 12.1 Å². The van der Waals surface area contributed by atoms with Crippen molar-refractivity contribution in [2.45, 2.75) is 12.5 Å². The van der Waals surface area contributed by atoms with Gasteiger partial charge in [-0.1, -0.05) is 0 Å². The Morgan fingerprint density at radius 3 is 2.82 bits per heavy atom. The molecule has 0 heterocycles. The maximum absolute atomic E-state index is 13.0. The van der Waals surface area contributed by atoms with E-state index in [9.17, 15) is 19.3 Å². The summed E-state index contributed by atoms with van der Waals surface area (Å²) in [6.45, 7) is 0. The highest BCUT2D eigenvalue weighted by Crippen LogP contribution is 2.26. The largest absolute Gasteiger partial charge is 0.469 e. The quantitative estimate of drug-likeness (QED) is 0.487. The van der Waals surface area contributed by atoms with Crippen molar-refractivity contribution < 1.29 is 18.8 Å². The van der Waals surface area contributed by atoms with Crippen LogP contribution in [0.4, 0.5) is 10.1 Å². The van der Waals surface area contributed by atoms with Gasteiger partial charge in [-0.15, -0.1) is 0 Å². The van der Waals surface area contributed by atoms with Crippen LogP contribution in [-0.4, -0.2) is 18.0 Å². The SMILES string of the molecule is COC(=O)C[C@H](N)c1cc(F)ccc1[N+](=O)[O-]. The molecule has 0 fully saturated rings. The van der Waals surface area contributed by atoms with Crippen molar-refractivity contribution in [1.82, 2.24) is 0 Å². The van der Waals surface area contributed by atoms with Gasteiger partial charge < -0.3 is 10.5 Å². The Kier molecular flexibility index (Phi) is 4.11. The molecule has 1 aromatic rings. The lowest BCUT2D eigenvalue weighted by atomic mass is 10.0. The summed E-state index contributed by atoms with van der Waals surface area (Å²) in [7, 11) is 1.18. The van der Waals surface area contributed by atoms with Gasteiger partial charge in [0.05, 0.1) is 18.5 Å². The van der Waals surface area contributed by atoms with Crippen LogP contribution in [0.2, 0.25) is 0 Å². The fraction of sp³-hybridized carbons (Fsp3) is 0.300. The molecule has 0 aliphatic heterocycles. The van der Waals surface area contributed by atoms with Crippen molar-refractivity contribution in [2.75, 3.05) is 7.11 Å². The van der Waals surface area contributed by atoms with E-state index in [0.717, 1.165) is 18.2 Å². The number of hydrogen-bond donors (Lipinski definition) is 1. The van der Waals surface area contributed by atoms with Gasteiger partial charge in [0.1, 0.15) is 5.82 Å². The van der Waals surface area contributed by atoms with Crippen molar-refractivity contribution in [1.29, 1.82) is 0 Å². The Morgan fingerprint density at radius 1 is 1.65 bits per heavy atom. The van der Waals surface area contributed by atoms with Crippen molar-refractivity contribution in [3.63, 3.8) is 0 Å². The highest BCUT2D eigenvalue weighted by atomic mass is 19.1. The minimum atomic E-state index is -0.974. The second-order valence-corrected chi connectivity index (χ2v) is 3.35. The summed E-state index contributed by atoms with van der Waals surface area (Å²) in [6.07, 6.45) is -0.249. The minimum Gasteiger partial charge on any atom is -0.469 e. The Labute approximate surface area is 96.3 Å². The van der Waals surface area contributed by atoms with Crippen molar-refractivity contribution in [2.24, 2.45) is 5.73 Å². The second kappa shape index (κ2) is 5.35. The van der Waals surface area contributed by atoms with Crippen LogP contribution >= 0.6 is 0 Å². The van der Waals surface area contributed by atoms with Gasteiger partial charge in [0, 0.05) is 17.7 Å². The molecule has 0 aliphatic carbocycles. The van der Waals surface area contributed by atoms with Crippen molar-refractivity contribution in [3.05, 3.63) is 39.7 Å². The summed E-state index contributed by atoms with van der Waals surface area (Å²) in [5.74, 6) is -1.26. The van der Waals surface area contributed by atoms with Gasteiger partial charge in [-0.3, -0.25) is 14.9 Å². The molecule has 0 spiro atoms. The third-order valence-electron chi connectivity index (χ3n) is 2.20. The molecule has 0 bridgehead atoms. The van der Waals surface area contributed by atoms with E-state index in [4.69, 9.17) is 5.73 Å². The predicted molar refractivity (Wildman–Crippen MR) is 56.6 cm³/mol. The summed E-state index contributed by atoms with van der Waals surface area (Å²) < 4.78 is 17.4. The summed E-state index contributed by atoms with van der Waals surface area (Å²) in [5.41, 5.74) is 5.26.